The normalized spacial score (nSPS) is 11.4. The number of benzene rings is 3. The van der Waals surface area contributed by atoms with E-state index in [0.717, 1.165) is 11.1 Å². The largest absolute Gasteiger partial charge is 0.399 e. The van der Waals surface area contributed by atoms with Crippen molar-refractivity contribution in [3.05, 3.63) is 99.5 Å². The molecular formula is C23H23Cl3N2O2. The summed E-state index contributed by atoms with van der Waals surface area (Å²) in [5.41, 5.74) is 8.92. The molecule has 0 fully saturated rings. The molecule has 0 aliphatic carbocycles. The molecule has 1 unspecified atom stereocenters. The molecule has 0 saturated heterocycles. The Balaban J connectivity index is 0.00000320. The molecule has 1 amide bonds. The number of hydrogen-bond donors (Lipinski definition) is 2. The number of nitrogens with two attached hydrogens (primary N) is 1. The van der Waals surface area contributed by atoms with E-state index in [1.54, 1.807) is 36.4 Å². The number of anilines is 1. The number of amides is 1. The van der Waals surface area contributed by atoms with Gasteiger partial charge in [0.1, 0.15) is 0 Å². The Bertz CT molecular complexity index is 950. The van der Waals surface area contributed by atoms with Crippen molar-refractivity contribution in [2.24, 2.45) is 0 Å². The third-order valence-corrected chi connectivity index (χ3v) is 5.26. The third kappa shape index (κ3) is 6.92. The van der Waals surface area contributed by atoms with Crippen molar-refractivity contribution in [3.63, 3.8) is 0 Å². The Morgan fingerprint density at radius 2 is 1.67 bits per heavy atom. The lowest BCUT2D eigenvalue weighted by Gasteiger charge is -2.19. The first kappa shape index (κ1) is 24.0. The van der Waals surface area contributed by atoms with E-state index in [1.807, 2.05) is 36.4 Å². The van der Waals surface area contributed by atoms with E-state index in [2.05, 4.69) is 5.32 Å². The van der Waals surface area contributed by atoms with Gasteiger partial charge in [-0.1, -0.05) is 59.6 Å². The topological polar surface area (TPSA) is 64.4 Å². The molecule has 3 rings (SSSR count). The molecule has 0 aliphatic rings. The van der Waals surface area contributed by atoms with Crippen molar-refractivity contribution < 1.29 is 9.53 Å². The van der Waals surface area contributed by atoms with Gasteiger partial charge in [0.05, 0.1) is 23.3 Å². The molecule has 0 aliphatic heterocycles. The maximum absolute atomic E-state index is 12.4. The smallest absolute Gasteiger partial charge is 0.251 e. The summed E-state index contributed by atoms with van der Waals surface area (Å²) in [6.07, 6.45) is 0. The van der Waals surface area contributed by atoms with Gasteiger partial charge in [-0.2, -0.15) is 0 Å². The molecule has 3 N–H and O–H groups in total. The summed E-state index contributed by atoms with van der Waals surface area (Å²) in [5, 5.41) is 4.00. The number of halogens is 3. The van der Waals surface area contributed by atoms with Crippen molar-refractivity contribution >= 4 is 47.2 Å². The van der Waals surface area contributed by atoms with Crippen LogP contribution in [0.5, 0.6) is 0 Å². The van der Waals surface area contributed by atoms with Crippen molar-refractivity contribution in [2.45, 2.75) is 12.5 Å². The van der Waals surface area contributed by atoms with Gasteiger partial charge in [0.25, 0.3) is 5.91 Å². The minimum Gasteiger partial charge on any atom is -0.399 e. The monoisotopic (exact) mass is 464 g/mol. The lowest BCUT2D eigenvalue weighted by molar-refractivity contribution is 0.0910. The molecule has 0 radical (unpaired) electrons. The standard InChI is InChI=1S/C23H22Cl2N2O2.ClH/c24-21-11-6-16(12-22(21)25)14-29-15-19(17-4-2-1-3-5-17)13-27-23(28)18-7-9-20(26)10-8-18;/h1-12,19H,13-15,26H2,(H,27,28);1H. The first-order valence-electron chi connectivity index (χ1n) is 9.23. The molecule has 4 nitrogen and oxygen atoms in total. The van der Waals surface area contributed by atoms with E-state index in [-0.39, 0.29) is 24.2 Å². The second-order valence-electron chi connectivity index (χ2n) is 6.70. The number of nitrogen functional groups attached to an aromatic ring is 1. The number of carbonyl (C=O) groups excluding carboxylic acids is 1. The molecule has 0 bridgehead atoms. The fourth-order valence-corrected chi connectivity index (χ4v) is 3.22. The van der Waals surface area contributed by atoms with Crippen LogP contribution in [0.3, 0.4) is 0 Å². The Hall–Kier alpha value is -2.24. The summed E-state index contributed by atoms with van der Waals surface area (Å²) in [6.45, 7) is 1.31. The summed E-state index contributed by atoms with van der Waals surface area (Å²) >= 11 is 12.0. The highest BCUT2D eigenvalue weighted by Crippen LogP contribution is 2.23. The van der Waals surface area contributed by atoms with Crippen LogP contribution in [-0.4, -0.2) is 19.1 Å². The summed E-state index contributed by atoms with van der Waals surface area (Å²) in [6, 6.07) is 22.3. The van der Waals surface area contributed by atoms with Gasteiger partial charge < -0.3 is 15.8 Å². The van der Waals surface area contributed by atoms with Crippen LogP contribution in [-0.2, 0) is 11.3 Å². The molecule has 1 atom stereocenters. The minimum absolute atomic E-state index is 0. The maximum atomic E-state index is 12.4. The quantitative estimate of drug-likeness (QED) is 0.418. The molecule has 3 aromatic rings. The summed E-state index contributed by atoms with van der Waals surface area (Å²) < 4.78 is 5.92. The van der Waals surface area contributed by atoms with Gasteiger partial charge in [-0.25, -0.2) is 0 Å². The van der Waals surface area contributed by atoms with E-state index in [4.69, 9.17) is 33.7 Å². The fourth-order valence-electron chi connectivity index (χ4n) is 2.90. The lowest BCUT2D eigenvalue weighted by atomic mass is 10.00. The van der Waals surface area contributed by atoms with Gasteiger partial charge in [-0.05, 0) is 47.5 Å². The van der Waals surface area contributed by atoms with E-state index < -0.39 is 0 Å². The van der Waals surface area contributed by atoms with Crippen LogP contribution >= 0.6 is 35.6 Å². The second kappa shape index (κ2) is 11.8. The second-order valence-corrected chi connectivity index (χ2v) is 7.52. The van der Waals surface area contributed by atoms with Crippen LogP contribution in [0.2, 0.25) is 10.0 Å². The predicted octanol–water partition coefficient (Wildman–Crippen LogP) is 5.73. The van der Waals surface area contributed by atoms with E-state index in [1.165, 1.54) is 0 Å². The zero-order chi connectivity index (χ0) is 20.6. The van der Waals surface area contributed by atoms with Gasteiger partial charge >= 0.3 is 0 Å². The Morgan fingerprint density at radius 3 is 2.33 bits per heavy atom. The Kier molecular flexibility index (Phi) is 9.47. The van der Waals surface area contributed by atoms with E-state index in [0.29, 0.717) is 41.1 Å². The van der Waals surface area contributed by atoms with Crippen LogP contribution in [0, 0.1) is 0 Å². The van der Waals surface area contributed by atoms with Gasteiger partial charge in [-0.15, -0.1) is 12.4 Å². The number of carbonyl (C=O) groups is 1. The summed E-state index contributed by atoms with van der Waals surface area (Å²) in [4.78, 5) is 12.4. The van der Waals surface area contributed by atoms with Crippen molar-refractivity contribution in [1.82, 2.24) is 5.32 Å². The minimum atomic E-state index is -0.143. The average Bonchev–Trinajstić information content (AvgIpc) is 2.74. The lowest BCUT2D eigenvalue weighted by Crippen LogP contribution is -2.30. The molecule has 158 valence electrons. The van der Waals surface area contributed by atoms with Crippen molar-refractivity contribution in [3.8, 4) is 0 Å². The SMILES string of the molecule is Cl.Nc1ccc(C(=O)NCC(COCc2ccc(Cl)c(Cl)c2)c2ccccc2)cc1. The molecule has 0 saturated carbocycles. The first-order chi connectivity index (χ1) is 14.0. The van der Waals surface area contributed by atoms with E-state index in [9.17, 15) is 4.79 Å². The average molecular weight is 466 g/mol. The third-order valence-electron chi connectivity index (χ3n) is 4.52. The van der Waals surface area contributed by atoms with Gasteiger partial charge in [-0.3, -0.25) is 4.79 Å². The maximum Gasteiger partial charge on any atom is 0.251 e. The predicted molar refractivity (Wildman–Crippen MR) is 126 cm³/mol. The zero-order valence-electron chi connectivity index (χ0n) is 16.2. The van der Waals surface area contributed by atoms with Crippen LogP contribution < -0.4 is 11.1 Å². The van der Waals surface area contributed by atoms with Crippen LogP contribution in [0.4, 0.5) is 5.69 Å². The highest BCUT2D eigenvalue weighted by molar-refractivity contribution is 6.42. The van der Waals surface area contributed by atoms with Crippen molar-refractivity contribution in [2.75, 3.05) is 18.9 Å². The number of ether oxygens (including phenoxy) is 1. The van der Waals surface area contributed by atoms with Gasteiger partial charge in [0, 0.05) is 23.7 Å². The molecule has 30 heavy (non-hydrogen) atoms. The van der Waals surface area contributed by atoms with Crippen LogP contribution in [0.15, 0.2) is 72.8 Å². The molecule has 0 heterocycles. The van der Waals surface area contributed by atoms with Gasteiger partial charge in [0.15, 0.2) is 0 Å². The summed E-state index contributed by atoms with van der Waals surface area (Å²) in [7, 11) is 0. The molecule has 7 heteroatoms. The number of nitrogens with one attached hydrogen (secondary N) is 1. The van der Waals surface area contributed by atoms with Crippen LogP contribution in [0.1, 0.15) is 27.4 Å². The highest BCUT2D eigenvalue weighted by Gasteiger charge is 2.14. The van der Waals surface area contributed by atoms with Crippen molar-refractivity contribution in [1.29, 1.82) is 0 Å². The summed E-state index contributed by atoms with van der Waals surface area (Å²) in [5.74, 6) is -0.132. The van der Waals surface area contributed by atoms with Crippen LogP contribution in [0.25, 0.3) is 0 Å². The fraction of sp³-hybridized carbons (Fsp3) is 0.174. The molecular weight excluding hydrogens is 443 g/mol. The Labute approximate surface area is 192 Å². The number of rotatable bonds is 8. The molecule has 3 aromatic carbocycles. The molecule has 0 aromatic heterocycles. The highest BCUT2D eigenvalue weighted by atomic mass is 35.5. The zero-order valence-corrected chi connectivity index (χ0v) is 18.5. The first-order valence-corrected chi connectivity index (χ1v) is 9.99. The van der Waals surface area contributed by atoms with E-state index >= 15 is 0 Å². The number of hydrogen-bond acceptors (Lipinski definition) is 3. The van der Waals surface area contributed by atoms with Gasteiger partial charge in [0.2, 0.25) is 0 Å². The Morgan fingerprint density at radius 1 is 0.967 bits per heavy atom. The molecule has 0 spiro atoms.